The SMILES string of the molecule is O=C(O)c1cc(NCCO)c([N+](=O)[O-])cc1F. The minimum absolute atomic E-state index is 0.00840. The summed E-state index contributed by atoms with van der Waals surface area (Å²) in [6.07, 6.45) is 0. The maximum Gasteiger partial charge on any atom is 0.338 e. The van der Waals surface area contributed by atoms with Gasteiger partial charge in [-0.25, -0.2) is 9.18 Å². The fraction of sp³-hybridized carbons (Fsp3) is 0.222. The van der Waals surface area contributed by atoms with Crippen molar-refractivity contribution in [3.63, 3.8) is 0 Å². The van der Waals surface area contributed by atoms with Crippen molar-refractivity contribution in [2.45, 2.75) is 0 Å². The summed E-state index contributed by atoms with van der Waals surface area (Å²) in [7, 11) is 0. The molecule has 0 radical (unpaired) electrons. The summed E-state index contributed by atoms with van der Waals surface area (Å²) < 4.78 is 13.2. The normalized spacial score (nSPS) is 10.0. The van der Waals surface area contributed by atoms with Gasteiger partial charge in [-0.05, 0) is 6.07 Å². The summed E-state index contributed by atoms with van der Waals surface area (Å²) >= 11 is 0. The Balaban J connectivity index is 3.26. The van der Waals surface area contributed by atoms with Crippen LogP contribution in [0.15, 0.2) is 12.1 Å². The number of hydrogen-bond donors (Lipinski definition) is 3. The average Bonchev–Trinajstić information content (AvgIpc) is 2.26. The van der Waals surface area contributed by atoms with Crippen molar-refractivity contribution in [2.75, 3.05) is 18.5 Å². The highest BCUT2D eigenvalue weighted by atomic mass is 19.1. The number of nitro benzene ring substituents is 1. The van der Waals surface area contributed by atoms with Crippen molar-refractivity contribution in [3.8, 4) is 0 Å². The number of hydrogen-bond acceptors (Lipinski definition) is 5. The van der Waals surface area contributed by atoms with Gasteiger partial charge in [0.1, 0.15) is 11.5 Å². The minimum atomic E-state index is -1.52. The molecule has 0 heterocycles. The summed E-state index contributed by atoms with van der Waals surface area (Å²) in [5.41, 5.74) is -1.40. The third-order valence-corrected chi connectivity index (χ3v) is 1.94. The van der Waals surface area contributed by atoms with Crippen LogP contribution in [0.4, 0.5) is 15.8 Å². The molecule has 17 heavy (non-hydrogen) atoms. The van der Waals surface area contributed by atoms with Crippen molar-refractivity contribution >= 4 is 17.3 Å². The van der Waals surface area contributed by atoms with Crippen molar-refractivity contribution in [3.05, 3.63) is 33.6 Å². The van der Waals surface area contributed by atoms with Gasteiger partial charge in [-0.2, -0.15) is 0 Å². The monoisotopic (exact) mass is 244 g/mol. The number of carboxylic acids is 1. The molecule has 0 aromatic heterocycles. The van der Waals surface area contributed by atoms with Crippen LogP contribution in [0.1, 0.15) is 10.4 Å². The molecule has 0 bridgehead atoms. The molecule has 3 N–H and O–H groups in total. The third kappa shape index (κ3) is 2.88. The van der Waals surface area contributed by atoms with Gasteiger partial charge in [-0.15, -0.1) is 0 Å². The molecule has 0 saturated heterocycles. The van der Waals surface area contributed by atoms with Crippen LogP contribution in [0.3, 0.4) is 0 Å². The molecule has 0 aliphatic rings. The second-order valence-electron chi connectivity index (χ2n) is 3.06. The summed E-state index contributed by atoms with van der Waals surface area (Å²) in [4.78, 5) is 20.4. The number of nitrogens with one attached hydrogen (secondary N) is 1. The smallest absolute Gasteiger partial charge is 0.338 e. The van der Waals surface area contributed by atoms with Crippen LogP contribution in [-0.2, 0) is 0 Å². The molecule has 0 unspecified atom stereocenters. The zero-order valence-electron chi connectivity index (χ0n) is 8.51. The average molecular weight is 244 g/mol. The van der Waals surface area contributed by atoms with E-state index in [9.17, 15) is 19.3 Å². The molecule has 0 amide bonds. The molecular formula is C9H9FN2O5. The molecule has 0 spiro atoms. The number of anilines is 1. The summed E-state index contributed by atoms with van der Waals surface area (Å²) in [5, 5.41) is 30.3. The highest BCUT2D eigenvalue weighted by Gasteiger charge is 2.21. The lowest BCUT2D eigenvalue weighted by Gasteiger charge is -2.07. The maximum atomic E-state index is 13.2. The Morgan fingerprint density at radius 1 is 1.53 bits per heavy atom. The lowest BCUT2D eigenvalue weighted by atomic mass is 10.1. The first kappa shape index (κ1) is 12.8. The molecule has 0 saturated carbocycles. The largest absolute Gasteiger partial charge is 0.478 e. The second kappa shape index (κ2) is 5.21. The topological polar surface area (TPSA) is 113 Å². The van der Waals surface area contributed by atoms with E-state index in [0.717, 1.165) is 6.07 Å². The third-order valence-electron chi connectivity index (χ3n) is 1.94. The molecule has 1 rings (SSSR count). The zero-order chi connectivity index (χ0) is 13.0. The number of aliphatic hydroxyl groups is 1. The second-order valence-corrected chi connectivity index (χ2v) is 3.06. The Kier molecular flexibility index (Phi) is 3.94. The van der Waals surface area contributed by atoms with E-state index < -0.39 is 28.0 Å². The molecule has 8 heteroatoms. The molecule has 92 valence electrons. The van der Waals surface area contributed by atoms with Crippen LogP contribution in [0.5, 0.6) is 0 Å². The highest BCUT2D eigenvalue weighted by molar-refractivity contribution is 5.90. The van der Waals surface area contributed by atoms with E-state index in [1.807, 2.05) is 0 Å². The van der Waals surface area contributed by atoms with Gasteiger partial charge < -0.3 is 15.5 Å². The predicted octanol–water partition coefficient (Wildman–Crippen LogP) is 0.836. The van der Waals surface area contributed by atoms with Gasteiger partial charge in [0.05, 0.1) is 23.2 Å². The number of carbonyl (C=O) groups is 1. The number of nitro groups is 1. The number of benzene rings is 1. The van der Waals surface area contributed by atoms with Crippen molar-refractivity contribution in [1.82, 2.24) is 0 Å². The summed E-state index contributed by atoms with van der Waals surface area (Å²) in [6.45, 7) is -0.303. The Hall–Kier alpha value is -2.22. The lowest BCUT2D eigenvalue weighted by molar-refractivity contribution is -0.384. The quantitative estimate of drug-likeness (QED) is 0.522. The molecule has 7 nitrogen and oxygen atoms in total. The lowest BCUT2D eigenvalue weighted by Crippen LogP contribution is -2.10. The molecule has 0 fully saturated rings. The predicted molar refractivity (Wildman–Crippen MR) is 55.6 cm³/mol. The number of aromatic carboxylic acids is 1. The maximum absolute atomic E-state index is 13.2. The van der Waals surface area contributed by atoms with Crippen LogP contribution < -0.4 is 5.32 Å². The van der Waals surface area contributed by atoms with Crippen LogP contribution in [-0.4, -0.2) is 34.3 Å². The van der Waals surface area contributed by atoms with Crippen molar-refractivity contribution < 1.29 is 24.3 Å². The zero-order valence-corrected chi connectivity index (χ0v) is 8.51. The number of carboxylic acid groups (broad SMARTS) is 1. The van der Waals surface area contributed by atoms with E-state index in [2.05, 4.69) is 5.32 Å². The number of nitrogens with zero attached hydrogens (tertiary/aromatic N) is 1. The molecule has 1 aromatic carbocycles. The van der Waals surface area contributed by atoms with E-state index in [0.29, 0.717) is 6.07 Å². The Labute approximate surface area is 94.6 Å². The fourth-order valence-electron chi connectivity index (χ4n) is 1.21. The van der Waals surface area contributed by atoms with Crippen LogP contribution in [0.25, 0.3) is 0 Å². The van der Waals surface area contributed by atoms with Gasteiger partial charge in [-0.3, -0.25) is 10.1 Å². The Morgan fingerprint density at radius 2 is 2.18 bits per heavy atom. The van der Waals surface area contributed by atoms with Gasteiger partial charge in [-0.1, -0.05) is 0 Å². The van der Waals surface area contributed by atoms with Gasteiger partial charge in [0.25, 0.3) is 5.69 Å². The summed E-state index contributed by atoms with van der Waals surface area (Å²) in [6, 6.07) is 1.36. The first-order valence-corrected chi connectivity index (χ1v) is 4.53. The molecule has 0 aliphatic carbocycles. The molecule has 1 aromatic rings. The van der Waals surface area contributed by atoms with E-state index in [1.54, 1.807) is 0 Å². The van der Waals surface area contributed by atoms with Gasteiger partial charge in [0, 0.05) is 6.54 Å². The van der Waals surface area contributed by atoms with E-state index in [-0.39, 0.29) is 18.8 Å². The van der Waals surface area contributed by atoms with E-state index in [1.165, 1.54) is 0 Å². The van der Waals surface area contributed by atoms with Gasteiger partial charge in [0.15, 0.2) is 0 Å². The number of aliphatic hydroxyl groups excluding tert-OH is 1. The Bertz CT molecular complexity index is 463. The standard InChI is InChI=1S/C9H9FN2O5/c10-6-4-8(12(16)17)7(11-1-2-13)3-5(6)9(14)15/h3-4,11,13H,1-2H2,(H,14,15). The van der Waals surface area contributed by atoms with E-state index >= 15 is 0 Å². The van der Waals surface area contributed by atoms with Gasteiger partial charge in [0.2, 0.25) is 0 Å². The van der Waals surface area contributed by atoms with Crippen molar-refractivity contribution in [1.29, 1.82) is 0 Å². The van der Waals surface area contributed by atoms with E-state index in [4.69, 9.17) is 10.2 Å². The summed E-state index contributed by atoms with van der Waals surface area (Å²) in [5.74, 6) is -2.71. The Morgan fingerprint density at radius 3 is 2.65 bits per heavy atom. The molecular weight excluding hydrogens is 235 g/mol. The molecule has 0 aliphatic heterocycles. The highest BCUT2D eigenvalue weighted by Crippen LogP contribution is 2.27. The minimum Gasteiger partial charge on any atom is -0.478 e. The van der Waals surface area contributed by atoms with Crippen LogP contribution in [0, 0.1) is 15.9 Å². The van der Waals surface area contributed by atoms with Crippen molar-refractivity contribution in [2.24, 2.45) is 0 Å². The fourth-order valence-corrected chi connectivity index (χ4v) is 1.21. The number of halogens is 1. The van der Waals surface area contributed by atoms with Crippen LogP contribution >= 0.6 is 0 Å². The first-order valence-electron chi connectivity index (χ1n) is 4.53. The molecule has 0 atom stereocenters. The first-order chi connectivity index (χ1) is 7.97. The number of rotatable bonds is 5. The van der Waals surface area contributed by atoms with Gasteiger partial charge >= 0.3 is 5.97 Å². The van der Waals surface area contributed by atoms with Crippen LogP contribution in [0.2, 0.25) is 0 Å².